The number of amides is 1. The molecule has 1 N–H and O–H groups in total. The third kappa shape index (κ3) is 3.01. The molecule has 0 radical (unpaired) electrons. The van der Waals surface area contributed by atoms with Crippen LogP contribution in [-0.4, -0.2) is 22.3 Å². The molecule has 1 amide bonds. The number of carbonyl (C=O) groups excluding carboxylic acids is 1. The SMILES string of the molecule is CC(C)n1nccc1NC(=O)C[C@H]1OCCc2ccsc21. The number of hydrogen-bond acceptors (Lipinski definition) is 4. The van der Waals surface area contributed by atoms with Crippen LogP contribution in [0.2, 0.25) is 0 Å². The molecule has 112 valence electrons. The van der Waals surface area contributed by atoms with E-state index in [1.54, 1.807) is 22.2 Å². The number of nitrogens with one attached hydrogen (secondary N) is 1. The number of aromatic nitrogens is 2. The third-order valence-electron chi connectivity index (χ3n) is 3.56. The smallest absolute Gasteiger partial charge is 0.228 e. The second kappa shape index (κ2) is 5.99. The van der Waals surface area contributed by atoms with E-state index in [2.05, 4.69) is 21.9 Å². The first-order chi connectivity index (χ1) is 10.1. The van der Waals surface area contributed by atoms with E-state index in [1.165, 1.54) is 10.4 Å². The van der Waals surface area contributed by atoms with Crippen LogP contribution in [0, 0.1) is 0 Å². The molecule has 0 aliphatic carbocycles. The van der Waals surface area contributed by atoms with Gasteiger partial charge in [0, 0.05) is 17.0 Å². The summed E-state index contributed by atoms with van der Waals surface area (Å²) in [6.07, 6.45) is 2.86. The Morgan fingerprint density at radius 2 is 2.43 bits per heavy atom. The molecule has 1 aliphatic rings. The summed E-state index contributed by atoms with van der Waals surface area (Å²) >= 11 is 1.67. The molecule has 0 saturated heterocycles. The lowest BCUT2D eigenvalue weighted by Gasteiger charge is -2.22. The van der Waals surface area contributed by atoms with Crippen LogP contribution in [0.3, 0.4) is 0 Å². The molecular weight excluding hydrogens is 286 g/mol. The van der Waals surface area contributed by atoms with E-state index in [4.69, 9.17) is 4.74 Å². The first kappa shape index (κ1) is 14.3. The Morgan fingerprint density at radius 3 is 3.24 bits per heavy atom. The molecule has 2 aromatic heterocycles. The predicted octanol–water partition coefficient (Wildman–Crippen LogP) is 3.17. The maximum absolute atomic E-state index is 12.3. The van der Waals surface area contributed by atoms with Gasteiger partial charge in [-0.2, -0.15) is 5.10 Å². The Labute approximate surface area is 127 Å². The zero-order valence-electron chi connectivity index (χ0n) is 12.2. The number of ether oxygens (including phenoxy) is 1. The van der Waals surface area contributed by atoms with Crippen LogP contribution in [0.1, 0.15) is 42.9 Å². The molecule has 1 aliphatic heterocycles. The van der Waals surface area contributed by atoms with Crippen molar-refractivity contribution in [3.05, 3.63) is 34.2 Å². The van der Waals surface area contributed by atoms with E-state index in [0.717, 1.165) is 12.2 Å². The Morgan fingerprint density at radius 1 is 1.57 bits per heavy atom. The Kier molecular flexibility index (Phi) is 4.07. The molecule has 0 spiro atoms. The van der Waals surface area contributed by atoms with Crippen molar-refractivity contribution in [2.45, 2.75) is 38.8 Å². The van der Waals surface area contributed by atoms with Gasteiger partial charge in [-0.1, -0.05) is 0 Å². The summed E-state index contributed by atoms with van der Waals surface area (Å²) in [7, 11) is 0. The molecule has 0 bridgehead atoms. The van der Waals surface area contributed by atoms with Crippen molar-refractivity contribution in [2.75, 3.05) is 11.9 Å². The summed E-state index contributed by atoms with van der Waals surface area (Å²) in [6, 6.07) is 4.16. The molecule has 0 saturated carbocycles. The molecule has 6 heteroatoms. The van der Waals surface area contributed by atoms with Gasteiger partial charge in [0.05, 0.1) is 19.2 Å². The lowest BCUT2D eigenvalue weighted by Crippen LogP contribution is -2.22. The molecule has 5 nitrogen and oxygen atoms in total. The topological polar surface area (TPSA) is 56.2 Å². The number of thiophene rings is 1. The maximum atomic E-state index is 12.3. The van der Waals surface area contributed by atoms with Gasteiger partial charge in [-0.05, 0) is 37.3 Å². The lowest BCUT2D eigenvalue weighted by atomic mass is 10.1. The zero-order valence-corrected chi connectivity index (χ0v) is 13.0. The standard InChI is InChI=1S/C15H19N3O2S/c1-10(2)18-13(3-6-16-18)17-14(19)9-12-15-11(4-7-20-12)5-8-21-15/h3,5-6,8,10,12H,4,7,9H2,1-2H3,(H,17,19)/t12-/m1/s1. The Hall–Kier alpha value is -1.66. The fraction of sp³-hybridized carbons (Fsp3) is 0.467. The van der Waals surface area contributed by atoms with E-state index >= 15 is 0 Å². The van der Waals surface area contributed by atoms with Crippen LogP contribution in [0.25, 0.3) is 0 Å². The normalized spacial score (nSPS) is 17.8. The van der Waals surface area contributed by atoms with Crippen molar-refractivity contribution in [3.63, 3.8) is 0 Å². The Bertz CT molecular complexity index is 632. The summed E-state index contributed by atoms with van der Waals surface area (Å²) in [5.74, 6) is 0.695. The van der Waals surface area contributed by atoms with Crippen molar-refractivity contribution in [2.24, 2.45) is 0 Å². The molecule has 3 heterocycles. The average Bonchev–Trinajstić information content (AvgIpc) is 3.07. The fourth-order valence-electron chi connectivity index (χ4n) is 2.56. The molecule has 3 rings (SSSR count). The van der Waals surface area contributed by atoms with Gasteiger partial charge in [0.1, 0.15) is 11.9 Å². The zero-order chi connectivity index (χ0) is 14.8. The number of fused-ring (bicyclic) bond motifs is 1. The van der Waals surface area contributed by atoms with Gasteiger partial charge in [0.15, 0.2) is 0 Å². The van der Waals surface area contributed by atoms with Crippen molar-refractivity contribution >= 4 is 23.1 Å². The number of rotatable bonds is 4. The molecular formula is C15H19N3O2S. The van der Waals surface area contributed by atoms with E-state index < -0.39 is 0 Å². The number of anilines is 1. The summed E-state index contributed by atoms with van der Waals surface area (Å²) in [4.78, 5) is 13.4. The van der Waals surface area contributed by atoms with Crippen molar-refractivity contribution in [3.8, 4) is 0 Å². The lowest BCUT2D eigenvalue weighted by molar-refractivity contribution is -0.119. The highest BCUT2D eigenvalue weighted by atomic mass is 32.1. The Balaban J connectivity index is 1.67. The van der Waals surface area contributed by atoms with E-state index in [0.29, 0.717) is 13.0 Å². The second-order valence-corrected chi connectivity index (χ2v) is 6.37. The van der Waals surface area contributed by atoms with E-state index in [-0.39, 0.29) is 18.1 Å². The summed E-state index contributed by atoms with van der Waals surface area (Å²) in [5, 5.41) is 9.21. The monoisotopic (exact) mass is 305 g/mol. The highest BCUT2D eigenvalue weighted by Gasteiger charge is 2.25. The highest BCUT2D eigenvalue weighted by Crippen LogP contribution is 2.34. The number of hydrogen-bond donors (Lipinski definition) is 1. The van der Waals surface area contributed by atoms with E-state index in [1.807, 2.05) is 19.9 Å². The van der Waals surface area contributed by atoms with Gasteiger partial charge in [-0.25, -0.2) is 4.68 Å². The molecule has 0 unspecified atom stereocenters. The molecule has 0 fully saturated rings. The maximum Gasteiger partial charge on any atom is 0.228 e. The van der Waals surface area contributed by atoms with Crippen LogP contribution in [0.15, 0.2) is 23.7 Å². The van der Waals surface area contributed by atoms with Gasteiger partial charge < -0.3 is 10.1 Å². The fourth-order valence-corrected chi connectivity index (χ4v) is 3.57. The molecule has 21 heavy (non-hydrogen) atoms. The predicted molar refractivity (Wildman–Crippen MR) is 82.6 cm³/mol. The first-order valence-electron chi connectivity index (χ1n) is 7.16. The molecule has 2 aromatic rings. The number of carbonyl (C=O) groups is 1. The van der Waals surface area contributed by atoms with Gasteiger partial charge in [0.25, 0.3) is 0 Å². The second-order valence-electron chi connectivity index (χ2n) is 5.43. The van der Waals surface area contributed by atoms with Gasteiger partial charge in [0.2, 0.25) is 5.91 Å². The minimum absolute atomic E-state index is 0.0383. The van der Waals surface area contributed by atoms with Gasteiger partial charge in [-0.15, -0.1) is 11.3 Å². The minimum atomic E-state index is -0.121. The first-order valence-corrected chi connectivity index (χ1v) is 8.04. The van der Waals surface area contributed by atoms with Crippen LogP contribution >= 0.6 is 11.3 Å². The van der Waals surface area contributed by atoms with Crippen LogP contribution < -0.4 is 5.32 Å². The average molecular weight is 305 g/mol. The van der Waals surface area contributed by atoms with E-state index in [9.17, 15) is 4.79 Å². The van der Waals surface area contributed by atoms with Crippen molar-refractivity contribution < 1.29 is 9.53 Å². The quantitative estimate of drug-likeness (QED) is 0.944. The van der Waals surface area contributed by atoms with Gasteiger partial charge >= 0.3 is 0 Å². The van der Waals surface area contributed by atoms with Crippen LogP contribution in [-0.2, 0) is 16.0 Å². The van der Waals surface area contributed by atoms with Crippen molar-refractivity contribution in [1.82, 2.24) is 9.78 Å². The van der Waals surface area contributed by atoms with Crippen LogP contribution in [0.5, 0.6) is 0 Å². The molecule has 1 atom stereocenters. The largest absolute Gasteiger partial charge is 0.372 e. The number of nitrogens with zero attached hydrogens (tertiary/aromatic N) is 2. The highest BCUT2D eigenvalue weighted by molar-refractivity contribution is 7.10. The van der Waals surface area contributed by atoms with Crippen molar-refractivity contribution in [1.29, 1.82) is 0 Å². The third-order valence-corrected chi connectivity index (χ3v) is 4.61. The van der Waals surface area contributed by atoms with Gasteiger partial charge in [-0.3, -0.25) is 4.79 Å². The summed E-state index contributed by atoms with van der Waals surface area (Å²) in [6.45, 7) is 4.75. The minimum Gasteiger partial charge on any atom is -0.372 e. The van der Waals surface area contributed by atoms with Crippen LogP contribution in [0.4, 0.5) is 5.82 Å². The summed E-state index contributed by atoms with van der Waals surface area (Å²) in [5.41, 5.74) is 1.32. The summed E-state index contributed by atoms with van der Waals surface area (Å²) < 4.78 is 7.56. The molecule has 0 aromatic carbocycles.